The second kappa shape index (κ2) is 7.10. The molecule has 1 saturated heterocycles. The SMILES string of the molecule is CN(C)S(=O)(=O)C[C@@H]1COC[C@H]1NC(=O)c1cc(=O)n(C)c(=O)n1C. The molecule has 1 aliphatic rings. The van der Waals surface area contributed by atoms with Crippen molar-refractivity contribution >= 4 is 15.9 Å². The minimum absolute atomic E-state index is 0.0887. The number of amides is 1. The van der Waals surface area contributed by atoms with E-state index in [4.69, 9.17) is 4.74 Å². The van der Waals surface area contributed by atoms with E-state index in [1.165, 1.54) is 28.2 Å². The first-order valence-electron chi connectivity index (χ1n) is 7.60. The maximum Gasteiger partial charge on any atom is 0.331 e. The van der Waals surface area contributed by atoms with E-state index in [2.05, 4.69) is 5.32 Å². The fourth-order valence-electron chi connectivity index (χ4n) is 2.54. The van der Waals surface area contributed by atoms with Crippen molar-refractivity contribution in [3.8, 4) is 0 Å². The zero-order valence-corrected chi connectivity index (χ0v) is 15.4. The van der Waals surface area contributed by atoms with Crippen molar-refractivity contribution in [1.29, 1.82) is 0 Å². The zero-order chi connectivity index (χ0) is 18.9. The Hall–Kier alpha value is -1.98. The standard InChI is InChI=1S/C14H22N4O6S/c1-16(2)25(22,23)8-9-6-24-7-10(9)15-13(20)11-5-12(19)18(4)14(21)17(11)3/h5,9-10H,6-8H2,1-4H3,(H,15,20)/t9-,10+/m0/s1. The number of sulfonamides is 1. The van der Waals surface area contributed by atoms with Crippen LogP contribution < -0.4 is 16.6 Å². The van der Waals surface area contributed by atoms with Crippen LogP contribution in [0.5, 0.6) is 0 Å². The van der Waals surface area contributed by atoms with E-state index in [0.717, 1.165) is 19.5 Å². The van der Waals surface area contributed by atoms with Crippen molar-refractivity contribution in [1.82, 2.24) is 18.8 Å². The van der Waals surface area contributed by atoms with Gasteiger partial charge in [-0.3, -0.25) is 18.7 Å². The van der Waals surface area contributed by atoms with Gasteiger partial charge in [0.1, 0.15) is 5.69 Å². The van der Waals surface area contributed by atoms with Gasteiger partial charge in [-0.2, -0.15) is 0 Å². The Bertz CT molecular complexity index is 886. The van der Waals surface area contributed by atoms with Crippen molar-refractivity contribution in [3.63, 3.8) is 0 Å². The Balaban J connectivity index is 2.20. The number of nitrogens with one attached hydrogen (secondary N) is 1. The monoisotopic (exact) mass is 374 g/mol. The fraction of sp³-hybridized carbons (Fsp3) is 0.643. The lowest BCUT2D eigenvalue weighted by Crippen LogP contribution is -2.46. The first kappa shape index (κ1) is 19.3. The van der Waals surface area contributed by atoms with Crippen molar-refractivity contribution in [2.24, 2.45) is 20.0 Å². The van der Waals surface area contributed by atoms with Crippen LogP contribution in [0.4, 0.5) is 0 Å². The Morgan fingerprint density at radius 1 is 1.28 bits per heavy atom. The van der Waals surface area contributed by atoms with Crippen molar-refractivity contribution < 1.29 is 17.9 Å². The van der Waals surface area contributed by atoms with Gasteiger partial charge in [0.2, 0.25) is 10.0 Å². The van der Waals surface area contributed by atoms with E-state index in [9.17, 15) is 22.8 Å². The minimum atomic E-state index is -3.45. The first-order chi connectivity index (χ1) is 11.5. The molecular formula is C14H22N4O6S. The summed E-state index contributed by atoms with van der Waals surface area (Å²) in [6, 6.07) is 0.541. The van der Waals surface area contributed by atoms with Crippen LogP contribution in [0.1, 0.15) is 10.5 Å². The lowest BCUT2D eigenvalue weighted by molar-refractivity contribution is 0.0915. The Morgan fingerprint density at radius 2 is 1.92 bits per heavy atom. The molecule has 0 saturated carbocycles. The van der Waals surface area contributed by atoms with Gasteiger partial charge in [0.15, 0.2) is 0 Å². The molecule has 1 amide bonds. The number of carbonyl (C=O) groups excluding carboxylic acids is 1. The molecule has 11 heteroatoms. The van der Waals surface area contributed by atoms with Gasteiger partial charge < -0.3 is 10.1 Å². The van der Waals surface area contributed by atoms with Gasteiger partial charge in [0, 0.05) is 40.2 Å². The van der Waals surface area contributed by atoms with Gasteiger partial charge in [0.25, 0.3) is 11.5 Å². The molecule has 2 rings (SSSR count). The summed E-state index contributed by atoms with van der Waals surface area (Å²) < 4.78 is 32.4. The Labute approximate surface area is 145 Å². The number of ether oxygens (including phenoxy) is 1. The zero-order valence-electron chi connectivity index (χ0n) is 14.6. The van der Waals surface area contributed by atoms with E-state index >= 15 is 0 Å². The van der Waals surface area contributed by atoms with Gasteiger partial charge in [-0.1, -0.05) is 0 Å². The number of rotatable bonds is 5. The number of carbonyl (C=O) groups is 1. The summed E-state index contributed by atoms with van der Waals surface area (Å²) in [6.45, 7) is 0.367. The summed E-state index contributed by atoms with van der Waals surface area (Å²) in [6.07, 6.45) is 0. The summed E-state index contributed by atoms with van der Waals surface area (Å²) >= 11 is 0. The van der Waals surface area contributed by atoms with E-state index in [1.54, 1.807) is 0 Å². The average molecular weight is 374 g/mol. The lowest BCUT2D eigenvalue weighted by atomic mass is 10.1. The number of aromatic nitrogens is 2. The quantitative estimate of drug-likeness (QED) is 0.620. The van der Waals surface area contributed by atoms with Crippen molar-refractivity contribution in [2.75, 3.05) is 33.1 Å². The molecule has 2 heterocycles. The first-order valence-corrected chi connectivity index (χ1v) is 9.21. The molecule has 0 aliphatic carbocycles. The average Bonchev–Trinajstić information content (AvgIpc) is 2.94. The third kappa shape index (κ3) is 3.99. The summed E-state index contributed by atoms with van der Waals surface area (Å²) in [5.74, 6) is -1.21. The van der Waals surface area contributed by atoms with E-state index in [0.29, 0.717) is 0 Å². The highest BCUT2D eigenvalue weighted by Gasteiger charge is 2.34. The molecule has 10 nitrogen and oxygen atoms in total. The molecule has 25 heavy (non-hydrogen) atoms. The topological polar surface area (TPSA) is 120 Å². The summed E-state index contributed by atoms with van der Waals surface area (Å²) in [5, 5.41) is 2.67. The van der Waals surface area contributed by atoms with Crippen LogP contribution in [0.3, 0.4) is 0 Å². The summed E-state index contributed by atoms with van der Waals surface area (Å²) in [7, 11) is 2.13. The lowest BCUT2D eigenvalue weighted by Gasteiger charge is -2.21. The number of hydrogen-bond acceptors (Lipinski definition) is 6. The van der Waals surface area contributed by atoms with Crippen molar-refractivity contribution in [3.05, 3.63) is 32.6 Å². The molecule has 0 aromatic carbocycles. The second-order valence-corrected chi connectivity index (χ2v) is 8.43. The van der Waals surface area contributed by atoms with Gasteiger partial charge in [-0.05, 0) is 0 Å². The largest absolute Gasteiger partial charge is 0.379 e. The van der Waals surface area contributed by atoms with Gasteiger partial charge in [-0.25, -0.2) is 17.5 Å². The molecular weight excluding hydrogens is 352 g/mol. The van der Waals surface area contributed by atoms with Crippen LogP contribution in [-0.4, -0.2) is 66.9 Å². The molecule has 0 unspecified atom stereocenters. The summed E-state index contributed by atoms with van der Waals surface area (Å²) in [4.78, 5) is 36.1. The number of hydrogen-bond donors (Lipinski definition) is 1. The fourth-order valence-corrected chi connectivity index (χ4v) is 3.70. The molecule has 0 spiro atoms. The normalized spacial score (nSPS) is 20.8. The second-order valence-electron chi connectivity index (χ2n) is 6.21. The smallest absolute Gasteiger partial charge is 0.331 e. The van der Waals surface area contributed by atoms with E-state index in [1.807, 2.05) is 0 Å². The highest BCUT2D eigenvalue weighted by molar-refractivity contribution is 7.89. The minimum Gasteiger partial charge on any atom is -0.379 e. The highest BCUT2D eigenvalue weighted by atomic mass is 32.2. The molecule has 1 aromatic rings. The van der Waals surface area contributed by atoms with Gasteiger partial charge in [0.05, 0.1) is 25.0 Å². The predicted molar refractivity (Wildman–Crippen MR) is 90.0 cm³/mol. The molecule has 1 aliphatic heterocycles. The summed E-state index contributed by atoms with van der Waals surface area (Å²) in [5.41, 5.74) is -1.30. The van der Waals surface area contributed by atoms with Crippen LogP contribution in [0.2, 0.25) is 0 Å². The Kier molecular flexibility index (Phi) is 5.49. The highest BCUT2D eigenvalue weighted by Crippen LogP contribution is 2.17. The molecule has 0 radical (unpaired) electrons. The van der Waals surface area contributed by atoms with Crippen LogP contribution in [0.15, 0.2) is 15.7 Å². The maximum atomic E-state index is 12.4. The van der Waals surface area contributed by atoms with Gasteiger partial charge >= 0.3 is 5.69 Å². The molecule has 0 bridgehead atoms. The van der Waals surface area contributed by atoms with Gasteiger partial charge in [-0.15, -0.1) is 0 Å². The van der Waals surface area contributed by atoms with E-state index in [-0.39, 0.29) is 24.7 Å². The molecule has 1 aromatic heterocycles. The predicted octanol–water partition coefficient (Wildman–Crippen LogP) is -2.28. The molecule has 2 atom stereocenters. The third-order valence-electron chi connectivity index (χ3n) is 4.25. The van der Waals surface area contributed by atoms with E-state index < -0.39 is 39.1 Å². The molecule has 1 N–H and O–H groups in total. The number of nitrogens with zero attached hydrogens (tertiary/aromatic N) is 3. The van der Waals surface area contributed by atoms with Crippen LogP contribution in [-0.2, 0) is 28.9 Å². The van der Waals surface area contributed by atoms with Crippen LogP contribution >= 0.6 is 0 Å². The van der Waals surface area contributed by atoms with Crippen LogP contribution in [0.25, 0.3) is 0 Å². The molecule has 140 valence electrons. The van der Waals surface area contributed by atoms with Crippen molar-refractivity contribution in [2.45, 2.75) is 6.04 Å². The maximum absolute atomic E-state index is 12.4. The Morgan fingerprint density at radius 3 is 2.52 bits per heavy atom. The molecule has 1 fully saturated rings. The third-order valence-corrected chi connectivity index (χ3v) is 6.22. The van der Waals surface area contributed by atoms with Crippen LogP contribution in [0, 0.1) is 5.92 Å².